The van der Waals surface area contributed by atoms with Crippen molar-refractivity contribution in [1.82, 2.24) is 14.9 Å². The number of H-pyrrole nitrogens is 1. The molecule has 4 nitrogen and oxygen atoms in total. The van der Waals surface area contributed by atoms with E-state index in [9.17, 15) is 0 Å². The van der Waals surface area contributed by atoms with Gasteiger partial charge in [-0.2, -0.15) is 5.26 Å². The van der Waals surface area contributed by atoms with Crippen LogP contribution in [0.4, 0.5) is 0 Å². The molecule has 1 aliphatic heterocycles. The van der Waals surface area contributed by atoms with E-state index < -0.39 is 0 Å². The molecule has 0 saturated carbocycles. The maximum Gasteiger partial charge on any atom is 0.137 e. The molecule has 0 spiro atoms. The lowest BCUT2D eigenvalue weighted by Gasteiger charge is -2.32. The van der Waals surface area contributed by atoms with Gasteiger partial charge in [-0.25, -0.2) is 4.98 Å². The fraction of sp³-hybridized carbons (Fsp3) is 0.500. The number of hydrogen-bond donors (Lipinski definition) is 1. The number of rotatable bonds is 9. The number of nitrogens with one attached hydrogen (secondary N) is 1. The Morgan fingerprint density at radius 2 is 1.94 bits per heavy atom. The van der Waals surface area contributed by atoms with Gasteiger partial charge in [0.25, 0.3) is 0 Å². The van der Waals surface area contributed by atoms with Crippen LogP contribution in [0.1, 0.15) is 66.8 Å². The second-order valence-electron chi connectivity index (χ2n) is 9.50. The molecule has 3 heterocycles. The third-order valence-corrected chi connectivity index (χ3v) is 7.11. The zero-order chi connectivity index (χ0) is 22.3. The first-order chi connectivity index (χ1) is 15.7. The van der Waals surface area contributed by atoms with Gasteiger partial charge in [0.15, 0.2) is 0 Å². The smallest absolute Gasteiger partial charge is 0.137 e. The average molecular weight is 429 g/mol. The van der Waals surface area contributed by atoms with Gasteiger partial charge in [-0.3, -0.25) is 0 Å². The van der Waals surface area contributed by atoms with E-state index in [-0.39, 0.29) is 0 Å². The number of aryl methyl sites for hydroxylation is 3. The molecule has 0 bridgehead atoms. The van der Waals surface area contributed by atoms with Gasteiger partial charge in [-0.15, -0.1) is 0 Å². The van der Waals surface area contributed by atoms with Crippen molar-refractivity contribution in [1.29, 1.82) is 5.26 Å². The molecule has 0 aliphatic carbocycles. The number of nitriles is 1. The third-order valence-electron chi connectivity index (χ3n) is 7.11. The number of unbranched alkanes of at least 4 members (excludes halogenated alkanes) is 1. The fourth-order valence-electron chi connectivity index (χ4n) is 5.05. The molecule has 0 unspecified atom stereocenters. The number of aromatic nitrogens is 2. The molecule has 0 atom stereocenters. The number of pyridine rings is 1. The molecule has 32 heavy (non-hydrogen) atoms. The summed E-state index contributed by atoms with van der Waals surface area (Å²) < 4.78 is 0. The first kappa shape index (κ1) is 22.6. The van der Waals surface area contributed by atoms with Gasteiger partial charge < -0.3 is 9.88 Å². The van der Waals surface area contributed by atoms with Crippen molar-refractivity contribution in [2.45, 2.75) is 65.2 Å². The highest BCUT2D eigenvalue weighted by Crippen LogP contribution is 2.24. The molecule has 168 valence electrons. The lowest BCUT2D eigenvalue weighted by molar-refractivity contribution is 0.182. The Balaban J connectivity index is 1.23. The summed E-state index contributed by atoms with van der Waals surface area (Å²) >= 11 is 0. The lowest BCUT2D eigenvalue weighted by Crippen LogP contribution is -2.35. The van der Waals surface area contributed by atoms with Crippen molar-refractivity contribution in [2.24, 2.45) is 5.92 Å². The van der Waals surface area contributed by atoms with E-state index in [2.05, 4.69) is 59.2 Å². The van der Waals surface area contributed by atoms with Crippen LogP contribution >= 0.6 is 0 Å². The number of piperidine rings is 1. The Labute approximate surface area is 192 Å². The predicted molar refractivity (Wildman–Crippen MR) is 132 cm³/mol. The monoisotopic (exact) mass is 428 g/mol. The fourth-order valence-corrected chi connectivity index (χ4v) is 5.05. The summed E-state index contributed by atoms with van der Waals surface area (Å²) in [5.74, 6) is 0.817. The summed E-state index contributed by atoms with van der Waals surface area (Å²) in [7, 11) is 0. The molecule has 1 fully saturated rings. The van der Waals surface area contributed by atoms with Crippen LogP contribution in [0.15, 0.2) is 36.7 Å². The summed E-state index contributed by atoms with van der Waals surface area (Å²) in [5, 5.41) is 10.2. The van der Waals surface area contributed by atoms with Crippen LogP contribution in [0.2, 0.25) is 0 Å². The van der Waals surface area contributed by atoms with E-state index in [0.717, 1.165) is 36.3 Å². The highest BCUT2D eigenvalue weighted by molar-refractivity contribution is 5.80. The minimum absolute atomic E-state index is 0.631. The molecule has 3 aromatic rings. The van der Waals surface area contributed by atoms with Crippen LogP contribution in [0, 0.1) is 24.2 Å². The second kappa shape index (κ2) is 10.8. The zero-order valence-electron chi connectivity index (χ0n) is 19.7. The topological polar surface area (TPSA) is 55.7 Å². The number of fused-ring (bicyclic) bond motifs is 1. The van der Waals surface area contributed by atoms with Gasteiger partial charge in [0, 0.05) is 17.8 Å². The normalized spacial score (nSPS) is 15.3. The van der Waals surface area contributed by atoms with E-state index in [0.29, 0.717) is 5.56 Å². The largest absolute Gasteiger partial charge is 0.346 e. The van der Waals surface area contributed by atoms with Crippen molar-refractivity contribution in [2.75, 3.05) is 19.6 Å². The quantitative estimate of drug-likeness (QED) is 0.456. The minimum atomic E-state index is 0.631. The first-order valence-electron chi connectivity index (χ1n) is 12.3. The minimum Gasteiger partial charge on any atom is -0.346 e. The van der Waals surface area contributed by atoms with Crippen LogP contribution in [0.3, 0.4) is 0 Å². The van der Waals surface area contributed by atoms with E-state index in [1.807, 2.05) is 6.07 Å². The van der Waals surface area contributed by atoms with Crippen LogP contribution in [-0.2, 0) is 19.3 Å². The van der Waals surface area contributed by atoms with E-state index >= 15 is 0 Å². The standard InChI is InChI=1S/C28H36N4/c1-3-4-6-25-16-23(9-8-21(25)2)15-22-10-13-32(14-11-22)12-5-7-26-20-31-28-27(26)17-24(18-29)19-30-28/h8-9,16-17,19-20,22H,3-7,10-15H2,1-2H3,(H,30,31). The molecular weight excluding hydrogens is 392 g/mol. The molecule has 2 aromatic heterocycles. The van der Waals surface area contributed by atoms with Gasteiger partial charge in [-0.05, 0) is 106 Å². The highest BCUT2D eigenvalue weighted by atomic mass is 15.1. The van der Waals surface area contributed by atoms with Crippen molar-refractivity contribution in [3.8, 4) is 6.07 Å². The summed E-state index contributed by atoms with van der Waals surface area (Å²) in [5.41, 5.74) is 7.32. The summed E-state index contributed by atoms with van der Waals surface area (Å²) in [6.07, 6.45) is 13.5. The van der Waals surface area contributed by atoms with Gasteiger partial charge in [0.2, 0.25) is 0 Å². The van der Waals surface area contributed by atoms with Crippen molar-refractivity contribution >= 4 is 11.0 Å². The second-order valence-corrected chi connectivity index (χ2v) is 9.50. The van der Waals surface area contributed by atoms with Gasteiger partial charge in [0.1, 0.15) is 11.7 Å². The van der Waals surface area contributed by atoms with Gasteiger partial charge in [0.05, 0.1) is 5.56 Å². The maximum atomic E-state index is 9.14. The number of nitrogens with zero attached hydrogens (tertiary/aromatic N) is 3. The number of benzene rings is 1. The van der Waals surface area contributed by atoms with Gasteiger partial charge >= 0.3 is 0 Å². The number of hydrogen-bond acceptors (Lipinski definition) is 3. The molecule has 1 aliphatic rings. The van der Waals surface area contributed by atoms with Crippen LogP contribution in [0.5, 0.6) is 0 Å². The van der Waals surface area contributed by atoms with E-state index in [1.165, 1.54) is 68.3 Å². The van der Waals surface area contributed by atoms with Crippen LogP contribution < -0.4 is 0 Å². The van der Waals surface area contributed by atoms with E-state index in [1.54, 1.807) is 11.8 Å². The molecule has 0 amide bonds. The van der Waals surface area contributed by atoms with Crippen LogP contribution in [0.25, 0.3) is 11.0 Å². The predicted octanol–water partition coefficient (Wildman–Crippen LogP) is 5.97. The average Bonchev–Trinajstić information content (AvgIpc) is 3.22. The molecule has 1 N–H and O–H groups in total. The summed E-state index contributed by atoms with van der Waals surface area (Å²) in [6, 6.07) is 11.3. The SMILES string of the molecule is CCCCc1cc(CC2CCN(CCCc3c[nH]c4ncc(C#N)cc34)CC2)ccc1C. The van der Waals surface area contributed by atoms with Crippen LogP contribution in [-0.4, -0.2) is 34.5 Å². The number of aromatic amines is 1. The van der Waals surface area contributed by atoms with E-state index in [4.69, 9.17) is 5.26 Å². The summed E-state index contributed by atoms with van der Waals surface area (Å²) in [6.45, 7) is 8.11. The third kappa shape index (κ3) is 5.58. The molecule has 1 aromatic carbocycles. The Kier molecular flexibility index (Phi) is 7.60. The Bertz CT molecular complexity index is 1070. The highest BCUT2D eigenvalue weighted by Gasteiger charge is 2.19. The van der Waals surface area contributed by atoms with Crippen molar-refractivity contribution in [3.05, 3.63) is 64.5 Å². The zero-order valence-corrected chi connectivity index (χ0v) is 19.7. The number of likely N-dealkylation sites (tertiary alicyclic amines) is 1. The Morgan fingerprint density at radius 1 is 1.12 bits per heavy atom. The molecule has 4 heteroatoms. The first-order valence-corrected chi connectivity index (χ1v) is 12.3. The maximum absolute atomic E-state index is 9.14. The molecule has 4 rings (SSSR count). The molecule has 1 saturated heterocycles. The Hall–Kier alpha value is -2.64. The molecular formula is C28H36N4. The lowest BCUT2D eigenvalue weighted by atomic mass is 9.88. The van der Waals surface area contributed by atoms with Gasteiger partial charge in [-0.1, -0.05) is 31.5 Å². The summed E-state index contributed by atoms with van der Waals surface area (Å²) in [4.78, 5) is 10.2. The Morgan fingerprint density at radius 3 is 2.72 bits per heavy atom. The molecule has 0 radical (unpaired) electrons. The van der Waals surface area contributed by atoms with Crippen molar-refractivity contribution < 1.29 is 0 Å². The van der Waals surface area contributed by atoms with Crippen molar-refractivity contribution in [3.63, 3.8) is 0 Å².